The highest BCUT2D eigenvalue weighted by Gasteiger charge is 2.21. The molecule has 0 atom stereocenters. The van der Waals surface area contributed by atoms with Gasteiger partial charge in [0.05, 0.1) is 30.0 Å². The molecule has 3 N–H and O–H groups in total. The van der Waals surface area contributed by atoms with Crippen LogP contribution in [-0.2, 0) is 13.0 Å². The molecule has 35 heavy (non-hydrogen) atoms. The first-order chi connectivity index (χ1) is 16.9. The normalized spacial score (nSPS) is 11.3. The minimum Gasteiger partial charge on any atom is -0.395 e. The molecule has 5 rings (SSSR count). The van der Waals surface area contributed by atoms with Gasteiger partial charge in [-0.15, -0.1) is 5.10 Å². The molecule has 0 saturated heterocycles. The number of nitrogens with two attached hydrogens (primary N) is 1. The van der Waals surface area contributed by atoms with Crippen LogP contribution < -0.4 is 11.3 Å². The molecule has 0 saturated carbocycles. The SMILES string of the molecule is Nc1nc(-c2ccc(F)cc2)c(-c2ccc(=O)n(CCO)c2)c2nc(Cc3ncccc3F)nn12. The van der Waals surface area contributed by atoms with E-state index in [1.165, 1.54) is 45.6 Å². The first-order valence-corrected chi connectivity index (χ1v) is 10.7. The van der Waals surface area contributed by atoms with E-state index in [-0.39, 0.29) is 42.6 Å². The van der Waals surface area contributed by atoms with Gasteiger partial charge in [0.2, 0.25) is 5.95 Å². The van der Waals surface area contributed by atoms with Gasteiger partial charge >= 0.3 is 0 Å². The number of aliphatic hydroxyl groups is 1. The van der Waals surface area contributed by atoms with Gasteiger partial charge in [0.1, 0.15) is 11.6 Å². The van der Waals surface area contributed by atoms with Gasteiger partial charge in [-0.2, -0.15) is 4.52 Å². The summed E-state index contributed by atoms with van der Waals surface area (Å²) in [7, 11) is 0. The maximum Gasteiger partial charge on any atom is 0.250 e. The van der Waals surface area contributed by atoms with Crippen LogP contribution in [0.4, 0.5) is 14.7 Å². The Bertz CT molecular complexity index is 1600. The molecule has 0 aliphatic carbocycles. The molecule has 4 aromatic heterocycles. The second-order valence-electron chi connectivity index (χ2n) is 7.75. The number of aromatic nitrogens is 6. The molecule has 0 radical (unpaired) electrons. The van der Waals surface area contributed by atoms with Crippen molar-refractivity contribution in [2.45, 2.75) is 13.0 Å². The summed E-state index contributed by atoms with van der Waals surface area (Å²) in [6.07, 6.45) is 3.07. The predicted octanol–water partition coefficient (Wildman–Crippen LogP) is 2.46. The lowest BCUT2D eigenvalue weighted by Crippen LogP contribution is -2.20. The molecular weight excluding hydrogens is 456 g/mol. The van der Waals surface area contributed by atoms with Gasteiger partial charge in [-0.05, 0) is 42.5 Å². The highest BCUT2D eigenvalue weighted by molar-refractivity contribution is 5.90. The molecule has 0 unspecified atom stereocenters. The van der Waals surface area contributed by atoms with Gasteiger partial charge in [-0.3, -0.25) is 9.78 Å². The standard InChI is InChI=1S/C24H19F2N7O2/c25-16-6-3-14(4-7-16)22-21(15-5-8-20(35)32(13-15)10-11-34)23-29-19(31-33(23)24(27)30-22)12-18-17(26)2-1-9-28-18/h1-9,13,34H,10-12H2,(H2,27,30). The zero-order chi connectivity index (χ0) is 24.5. The summed E-state index contributed by atoms with van der Waals surface area (Å²) in [5.74, 6) is -0.618. The highest BCUT2D eigenvalue weighted by atomic mass is 19.1. The molecule has 1 aromatic carbocycles. The summed E-state index contributed by atoms with van der Waals surface area (Å²) in [4.78, 5) is 25.4. The third-order valence-corrected chi connectivity index (χ3v) is 5.45. The van der Waals surface area contributed by atoms with Crippen molar-refractivity contribution in [2.75, 3.05) is 12.3 Å². The van der Waals surface area contributed by atoms with Crippen LogP contribution in [0.25, 0.3) is 28.0 Å². The van der Waals surface area contributed by atoms with Crippen molar-refractivity contribution >= 4 is 11.6 Å². The number of aliphatic hydroxyl groups excluding tert-OH is 1. The minimum atomic E-state index is -0.485. The maximum absolute atomic E-state index is 14.2. The molecule has 0 fully saturated rings. The number of benzene rings is 1. The Balaban J connectivity index is 1.76. The summed E-state index contributed by atoms with van der Waals surface area (Å²) in [6.45, 7) is -0.136. The van der Waals surface area contributed by atoms with Crippen LogP contribution >= 0.6 is 0 Å². The van der Waals surface area contributed by atoms with E-state index in [0.717, 1.165) is 0 Å². The van der Waals surface area contributed by atoms with Gasteiger partial charge in [0.15, 0.2) is 11.5 Å². The van der Waals surface area contributed by atoms with E-state index >= 15 is 0 Å². The van der Waals surface area contributed by atoms with Crippen LogP contribution in [0.5, 0.6) is 0 Å². The summed E-state index contributed by atoms with van der Waals surface area (Å²) in [6, 6.07) is 11.5. The second kappa shape index (κ2) is 9.03. The number of pyridine rings is 2. The van der Waals surface area contributed by atoms with Crippen molar-refractivity contribution in [3.63, 3.8) is 0 Å². The second-order valence-corrected chi connectivity index (χ2v) is 7.75. The van der Waals surface area contributed by atoms with Crippen molar-refractivity contribution in [3.05, 3.63) is 94.4 Å². The van der Waals surface area contributed by atoms with Crippen LogP contribution in [0.3, 0.4) is 0 Å². The Morgan fingerprint density at radius 1 is 1.00 bits per heavy atom. The largest absolute Gasteiger partial charge is 0.395 e. The molecule has 9 nitrogen and oxygen atoms in total. The number of hydrogen-bond acceptors (Lipinski definition) is 7. The third-order valence-electron chi connectivity index (χ3n) is 5.45. The molecule has 176 valence electrons. The zero-order valence-electron chi connectivity index (χ0n) is 18.3. The summed E-state index contributed by atoms with van der Waals surface area (Å²) >= 11 is 0. The van der Waals surface area contributed by atoms with E-state index < -0.39 is 11.6 Å². The van der Waals surface area contributed by atoms with E-state index in [2.05, 4.69) is 20.1 Å². The van der Waals surface area contributed by atoms with E-state index in [4.69, 9.17) is 5.73 Å². The highest BCUT2D eigenvalue weighted by Crippen LogP contribution is 2.34. The predicted molar refractivity (Wildman–Crippen MR) is 124 cm³/mol. The van der Waals surface area contributed by atoms with Gasteiger partial charge in [0.25, 0.3) is 5.56 Å². The van der Waals surface area contributed by atoms with Crippen molar-refractivity contribution in [1.29, 1.82) is 0 Å². The average Bonchev–Trinajstić information content (AvgIpc) is 3.27. The molecule has 11 heteroatoms. The van der Waals surface area contributed by atoms with Crippen molar-refractivity contribution in [1.82, 2.24) is 29.1 Å². The number of nitrogen functional groups attached to an aromatic ring is 1. The summed E-state index contributed by atoms with van der Waals surface area (Å²) < 4.78 is 30.5. The molecule has 0 aliphatic heterocycles. The Morgan fingerprint density at radius 3 is 2.51 bits per heavy atom. The fraction of sp³-hybridized carbons (Fsp3) is 0.125. The number of nitrogens with zero attached hydrogens (tertiary/aromatic N) is 6. The quantitative estimate of drug-likeness (QED) is 0.387. The van der Waals surface area contributed by atoms with Crippen LogP contribution in [0, 0.1) is 11.6 Å². The minimum absolute atomic E-state index is 0.0170. The van der Waals surface area contributed by atoms with Crippen LogP contribution in [0.1, 0.15) is 11.5 Å². The molecule has 0 bridgehead atoms. The average molecular weight is 475 g/mol. The van der Waals surface area contributed by atoms with Gasteiger partial charge < -0.3 is 15.4 Å². The van der Waals surface area contributed by atoms with Crippen LogP contribution in [-0.4, -0.2) is 40.8 Å². The van der Waals surface area contributed by atoms with E-state index in [1.54, 1.807) is 24.4 Å². The molecule has 0 amide bonds. The zero-order valence-corrected chi connectivity index (χ0v) is 18.3. The van der Waals surface area contributed by atoms with Crippen LogP contribution in [0.15, 0.2) is 65.7 Å². The Morgan fingerprint density at radius 2 is 1.77 bits per heavy atom. The molecular formula is C24H19F2N7O2. The molecule has 4 heterocycles. The smallest absolute Gasteiger partial charge is 0.250 e. The topological polar surface area (TPSA) is 124 Å². The number of anilines is 1. The maximum atomic E-state index is 14.2. The lowest BCUT2D eigenvalue weighted by molar-refractivity contribution is 0.274. The van der Waals surface area contributed by atoms with Gasteiger partial charge in [-0.1, -0.05) is 0 Å². The first kappa shape index (κ1) is 22.3. The number of rotatable bonds is 6. The van der Waals surface area contributed by atoms with Gasteiger partial charge in [-0.25, -0.2) is 18.7 Å². The van der Waals surface area contributed by atoms with Crippen molar-refractivity contribution in [2.24, 2.45) is 0 Å². The molecule has 0 aliphatic rings. The fourth-order valence-corrected chi connectivity index (χ4v) is 3.82. The van der Waals surface area contributed by atoms with E-state index in [1.807, 2.05) is 0 Å². The number of halogens is 2. The van der Waals surface area contributed by atoms with Crippen molar-refractivity contribution in [3.8, 4) is 22.4 Å². The fourth-order valence-electron chi connectivity index (χ4n) is 3.82. The Labute approximate surface area is 197 Å². The first-order valence-electron chi connectivity index (χ1n) is 10.7. The Kier molecular flexibility index (Phi) is 5.75. The summed E-state index contributed by atoms with van der Waals surface area (Å²) in [5.41, 5.74) is 8.40. The van der Waals surface area contributed by atoms with E-state index in [9.17, 15) is 18.7 Å². The van der Waals surface area contributed by atoms with E-state index in [0.29, 0.717) is 28.0 Å². The third kappa shape index (κ3) is 4.24. The number of hydrogen-bond donors (Lipinski definition) is 2. The monoisotopic (exact) mass is 475 g/mol. The molecule has 5 aromatic rings. The lowest BCUT2D eigenvalue weighted by Gasteiger charge is -2.13. The Hall–Kier alpha value is -4.51. The number of fused-ring (bicyclic) bond motifs is 1. The van der Waals surface area contributed by atoms with Crippen molar-refractivity contribution < 1.29 is 13.9 Å². The molecule has 0 spiro atoms. The van der Waals surface area contributed by atoms with Gasteiger partial charge in [0, 0.05) is 36.1 Å². The lowest BCUT2D eigenvalue weighted by atomic mass is 10.0. The summed E-state index contributed by atoms with van der Waals surface area (Å²) in [5, 5.41) is 13.8. The van der Waals surface area contributed by atoms with Crippen LogP contribution in [0.2, 0.25) is 0 Å².